The minimum absolute atomic E-state index is 0.0582. The first kappa shape index (κ1) is 13.6. The first-order valence-electron chi connectivity index (χ1n) is 6.41. The van der Waals surface area contributed by atoms with E-state index in [1.54, 1.807) is 0 Å². The van der Waals surface area contributed by atoms with Crippen LogP contribution < -0.4 is 5.32 Å². The van der Waals surface area contributed by atoms with Crippen LogP contribution in [-0.2, 0) is 4.79 Å². The number of rotatable bonds is 4. The van der Waals surface area contributed by atoms with Crippen molar-refractivity contribution in [1.29, 1.82) is 0 Å². The van der Waals surface area contributed by atoms with Crippen molar-refractivity contribution in [3.63, 3.8) is 0 Å². The zero-order valence-electron chi connectivity index (χ0n) is 10.6. The van der Waals surface area contributed by atoms with Gasteiger partial charge in [-0.05, 0) is 25.0 Å². The summed E-state index contributed by atoms with van der Waals surface area (Å²) in [6.45, 7) is 2.21. The predicted octanol–water partition coefficient (Wildman–Crippen LogP) is 1.78. The number of hydrogen-bond acceptors (Lipinski definition) is 4. The summed E-state index contributed by atoms with van der Waals surface area (Å²) in [6.07, 6.45) is 3.63. The van der Waals surface area contributed by atoms with Crippen LogP contribution in [0.1, 0.15) is 26.2 Å². The molecule has 3 nitrogen and oxygen atoms in total. The van der Waals surface area contributed by atoms with E-state index in [0.717, 1.165) is 16.9 Å². The van der Waals surface area contributed by atoms with Gasteiger partial charge in [0.15, 0.2) is 0 Å². The van der Waals surface area contributed by atoms with Crippen molar-refractivity contribution in [1.82, 2.24) is 10.2 Å². The van der Waals surface area contributed by atoms with Crippen molar-refractivity contribution in [2.75, 3.05) is 24.4 Å². The summed E-state index contributed by atoms with van der Waals surface area (Å²) >= 11 is 3.86. The second kappa shape index (κ2) is 6.34. The Morgan fingerprint density at radius 2 is 2.35 bits per heavy atom. The fraction of sp³-hybridized carbons (Fsp3) is 0.917. The largest absolute Gasteiger partial charge is 0.341 e. The van der Waals surface area contributed by atoms with E-state index in [4.69, 9.17) is 0 Å². The molecule has 1 N–H and O–H groups in total. The Labute approximate surface area is 112 Å². The smallest absolute Gasteiger partial charge is 0.240 e. The van der Waals surface area contributed by atoms with Crippen molar-refractivity contribution < 1.29 is 4.79 Å². The first-order chi connectivity index (χ1) is 8.22. The van der Waals surface area contributed by atoms with Crippen LogP contribution in [0.15, 0.2) is 0 Å². The van der Waals surface area contributed by atoms with Crippen molar-refractivity contribution >= 4 is 29.4 Å². The Morgan fingerprint density at radius 3 is 3.00 bits per heavy atom. The molecule has 98 valence electrons. The summed E-state index contributed by atoms with van der Waals surface area (Å²) in [5, 5.41) is 4.03. The number of hydrogen-bond donors (Lipinski definition) is 1. The molecule has 1 heterocycles. The van der Waals surface area contributed by atoms with Crippen LogP contribution in [0.25, 0.3) is 0 Å². The van der Waals surface area contributed by atoms with Crippen molar-refractivity contribution in [3.8, 4) is 0 Å². The summed E-state index contributed by atoms with van der Waals surface area (Å²) in [6, 6.07) is 0.529. The highest BCUT2D eigenvalue weighted by atomic mass is 32.2. The number of nitrogens with zero attached hydrogens (tertiary/aromatic N) is 1. The fourth-order valence-corrected chi connectivity index (χ4v) is 4.70. The van der Waals surface area contributed by atoms with Gasteiger partial charge < -0.3 is 4.90 Å². The molecular formula is C12H22N2OS2. The molecule has 1 saturated carbocycles. The van der Waals surface area contributed by atoms with E-state index in [-0.39, 0.29) is 6.04 Å². The second-order valence-corrected chi connectivity index (χ2v) is 7.37. The SMILES string of the molecule is CCSC1CCC(N(C)C(=O)C2CSCN2)C1. The zero-order valence-corrected chi connectivity index (χ0v) is 12.3. The van der Waals surface area contributed by atoms with Crippen LogP contribution in [0.2, 0.25) is 0 Å². The topological polar surface area (TPSA) is 32.3 Å². The quantitative estimate of drug-likeness (QED) is 0.847. The molecule has 17 heavy (non-hydrogen) atoms. The van der Waals surface area contributed by atoms with E-state index in [2.05, 4.69) is 12.2 Å². The van der Waals surface area contributed by atoms with E-state index in [0.29, 0.717) is 11.9 Å². The van der Waals surface area contributed by atoms with Gasteiger partial charge in [-0.15, -0.1) is 11.8 Å². The number of nitrogens with one attached hydrogen (secondary N) is 1. The molecule has 3 unspecified atom stereocenters. The average molecular weight is 274 g/mol. The lowest BCUT2D eigenvalue weighted by atomic mass is 10.2. The maximum absolute atomic E-state index is 12.2. The summed E-state index contributed by atoms with van der Waals surface area (Å²) in [4.78, 5) is 14.2. The highest BCUT2D eigenvalue weighted by Crippen LogP contribution is 2.32. The average Bonchev–Trinajstić information content (AvgIpc) is 2.98. The predicted molar refractivity (Wildman–Crippen MR) is 76.6 cm³/mol. The third-order valence-electron chi connectivity index (χ3n) is 3.67. The molecule has 0 radical (unpaired) electrons. The van der Waals surface area contributed by atoms with Gasteiger partial charge in [0.05, 0.1) is 6.04 Å². The summed E-state index contributed by atoms with van der Waals surface area (Å²) in [5.74, 6) is 3.34. The molecule has 0 aromatic rings. The van der Waals surface area contributed by atoms with E-state index in [1.165, 1.54) is 25.0 Å². The lowest BCUT2D eigenvalue weighted by Gasteiger charge is -2.27. The number of carbonyl (C=O) groups is 1. The Bertz CT molecular complexity index is 269. The third-order valence-corrected chi connectivity index (χ3v) is 5.84. The van der Waals surface area contributed by atoms with Crippen LogP contribution in [0.5, 0.6) is 0 Å². The number of likely N-dealkylation sites (N-methyl/N-ethyl adjacent to an activating group) is 1. The highest BCUT2D eigenvalue weighted by molar-refractivity contribution is 8.00. The van der Waals surface area contributed by atoms with Gasteiger partial charge >= 0.3 is 0 Å². The lowest BCUT2D eigenvalue weighted by Crippen LogP contribution is -2.46. The molecule has 5 heteroatoms. The Kier molecular flexibility index (Phi) is 5.06. The fourth-order valence-electron chi connectivity index (χ4n) is 2.64. The standard InChI is InChI=1S/C12H22N2OS2/c1-3-17-10-5-4-9(6-10)14(2)12(15)11-7-16-8-13-11/h9-11,13H,3-8H2,1-2H3. The van der Waals surface area contributed by atoms with E-state index in [9.17, 15) is 4.79 Å². The van der Waals surface area contributed by atoms with Gasteiger partial charge in [-0.2, -0.15) is 11.8 Å². The van der Waals surface area contributed by atoms with E-state index >= 15 is 0 Å². The van der Waals surface area contributed by atoms with Crippen LogP contribution in [0, 0.1) is 0 Å². The first-order valence-corrected chi connectivity index (χ1v) is 8.62. The number of amides is 1. The molecule has 1 saturated heterocycles. The molecule has 0 aromatic heterocycles. The molecule has 2 rings (SSSR count). The number of thioether (sulfide) groups is 2. The van der Waals surface area contributed by atoms with Crippen molar-refractivity contribution in [2.24, 2.45) is 0 Å². The zero-order chi connectivity index (χ0) is 12.3. The third kappa shape index (κ3) is 3.32. The summed E-state index contributed by atoms with van der Waals surface area (Å²) in [5.41, 5.74) is 0. The Balaban J connectivity index is 1.83. The van der Waals surface area contributed by atoms with Crippen LogP contribution >= 0.6 is 23.5 Å². The van der Waals surface area contributed by atoms with E-state index in [1.807, 2.05) is 35.5 Å². The van der Waals surface area contributed by atoms with Gasteiger partial charge in [-0.3, -0.25) is 10.1 Å². The molecule has 0 bridgehead atoms. The molecule has 0 spiro atoms. The van der Waals surface area contributed by atoms with Gasteiger partial charge in [0, 0.05) is 30.0 Å². The molecule has 0 aromatic carbocycles. The lowest BCUT2D eigenvalue weighted by molar-refractivity contribution is -0.133. The van der Waals surface area contributed by atoms with Crippen molar-refractivity contribution in [2.45, 2.75) is 43.5 Å². The Hall–Kier alpha value is 0.130. The Morgan fingerprint density at radius 1 is 1.53 bits per heavy atom. The second-order valence-electron chi connectivity index (χ2n) is 4.77. The van der Waals surface area contributed by atoms with Crippen molar-refractivity contribution in [3.05, 3.63) is 0 Å². The molecule has 2 aliphatic rings. The minimum Gasteiger partial charge on any atom is -0.341 e. The van der Waals surface area contributed by atoms with Crippen LogP contribution in [0.3, 0.4) is 0 Å². The summed E-state index contributed by atoms with van der Waals surface area (Å²) in [7, 11) is 1.98. The monoisotopic (exact) mass is 274 g/mol. The van der Waals surface area contributed by atoms with Gasteiger partial charge in [-0.25, -0.2) is 0 Å². The molecular weight excluding hydrogens is 252 g/mol. The molecule has 2 fully saturated rings. The number of carbonyl (C=O) groups excluding carboxylic acids is 1. The van der Waals surface area contributed by atoms with Crippen LogP contribution in [-0.4, -0.2) is 52.6 Å². The van der Waals surface area contributed by atoms with E-state index < -0.39 is 0 Å². The normalized spacial score (nSPS) is 32.9. The maximum Gasteiger partial charge on any atom is 0.240 e. The van der Waals surface area contributed by atoms with Gasteiger partial charge in [0.25, 0.3) is 0 Å². The summed E-state index contributed by atoms with van der Waals surface area (Å²) < 4.78 is 0. The molecule has 1 amide bonds. The van der Waals surface area contributed by atoms with Gasteiger partial charge in [0.1, 0.15) is 0 Å². The molecule has 1 aliphatic carbocycles. The van der Waals surface area contributed by atoms with Gasteiger partial charge in [-0.1, -0.05) is 6.92 Å². The highest BCUT2D eigenvalue weighted by Gasteiger charge is 2.33. The molecule has 1 aliphatic heterocycles. The van der Waals surface area contributed by atoms with Crippen LogP contribution in [0.4, 0.5) is 0 Å². The maximum atomic E-state index is 12.2. The minimum atomic E-state index is 0.0582. The van der Waals surface area contributed by atoms with Gasteiger partial charge in [0.2, 0.25) is 5.91 Å². The molecule has 3 atom stereocenters.